The van der Waals surface area contributed by atoms with Crippen LogP contribution in [-0.4, -0.2) is 9.97 Å². The average molecular weight is 498 g/mol. The Morgan fingerprint density at radius 2 is 0.974 bits per heavy atom. The highest BCUT2D eigenvalue weighted by Crippen LogP contribution is 2.50. The zero-order valence-electron chi connectivity index (χ0n) is 21.1. The maximum Gasteiger partial charge on any atom is 0.0973 e. The quantitative estimate of drug-likeness (QED) is 0.243. The molecular weight excluding hydrogens is 474 g/mol. The van der Waals surface area contributed by atoms with Gasteiger partial charge in [0.25, 0.3) is 0 Å². The predicted molar refractivity (Wildman–Crippen MR) is 162 cm³/mol. The van der Waals surface area contributed by atoms with E-state index in [1.807, 2.05) is 42.5 Å². The van der Waals surface area contributed by atoms with Crippen LogP contribution in [0.15, 0.2) is 140 Å². The van der Waals surface area contributed by atoms with Crippen LogP contribution in [0.25, 0.3) is 55.4 Å². The van der Waals surface area contributed by atoms with Crippen molar-refractivity contribution in [3.63, 3.8) is 0 Å². The topological polar surface area (TPSA) is 29.0 Å². The van der Waals surface area contributed by atoms with Gasteiger partial charge in [0.05, 0.1) is 33.8 Å². The first kappa shape index (κ1) is 21.8. The van der Waals surface area contributed by atoms with E-state index in [0.717, 1.165) is 39.2 Å². The van der Waals surface area contributed by atoms with Crippen LogP contribution in [0.1, 0.15) is 0 Å². The molecule has 2 heterocycles. The molecule has 39 heavy (non-hydrogen) atoms. The van der Waals surface area contributed by atoms with E-state index in [2.05, 4.69) is 102 Å². The van der Waals surface area contributed by atoms with Crippen molar-refractivity contribution in [3.8, 4) is 33.6 Å². The second kappa shape index (κ2) is 8.64. The van der Waals surface area contributed by atoms with E-state index < -0.39 is 0 Å². The van der Waals surface area contributed by atoms with Crippen molar-refractivity contribution >= 4 is 38.9 Å². The Balaban J connectivity index is 1.30. The highest BCUT2D eigenvalue weighted by molar-refractivity contribution is 6.13. The molecule has 0 saturated carbocycles. The number of fused-ring (bicyclic) bond motifs is 3. The summed E-state index contributed by atoms with van der Waals surface area (Å²) in [7, 11) is 0. The Morgan fingerprint density at radius 3 is 1.72 bits per heavy atom. The van der Waals surface area contributed by atoms with Crippen LogP contribution < -0.4 is 4.90 Å². The van der Waals surface area contributed by atoms with Crippen LogP contribution in [-0.2, 0) is 0 Å². The van der Waals surface area contributed by atoms with E-state index in [0.29, 0.717) is 0 Å². The van der Waals surface area contributed by atoms with Crippen molar-refractivity contribution in [1.29, 1.82) is 0 Å². The standard InChI is InChI=1S/C36H23N3/c1-2-10-25(11-3-1)35-36(38-31-17-6-5-16-30(31)37-35)26-20-22-27(23-21-26)39-32-18-7-4-14-28(32)29-15-8-12-24-13-9-19-33(39)34(24)29/h1-23H. The molecule has 1 aliphatic heterocycles. The predicted octanol–water partition coefficient (Wildman–Crippen LogP) is 9.57. The van der Waals surface area contributed by atoms with Gasteiger partial charge in [-0.05, 0) is 47.3 Å². The van der Waals surface area contributed by atoms with Gasteiger partial charge < -0.3 is 4.90 Å². The highest BCUT2D eigenvalue weighted by Gasteiger charge is 2.25. The second-order valence-electron chi connectivity index (χ2n) is 9.86. The third-order valence-electron chi connectivity index (χ3n) is 7.58. The van der Waals surface area contributed by atoms with Crippen molar-refractivity contribution in [2.24, 2.45) is 0 Å². The molecule has 0 aliphatic carbocycles. The fraction of sp³-hybridized carbons (Fsp3) is 0. The molecule has 7 aromatic rings. The van der Waals surface area contributed by atoms with Crippen LogP contribution in [0.3, 0.4) is 0 Å². The Hall–Kier alpha value is -5.28. The van der Waals surface area contributed by atoms with E-state index in [1.54, 1.807) is 0 Å². The minimum Gasteiger partial charge on any atom is -0.309 e. The number of hydrogen-bond donors (Lipinski definition) is 0. The summed E-state index contributed by atoms with van der Waals surface area (Å²) >= 11 is 0. The van der Waals surface area contributed by atoms with Crippen LogP contribution >= 0.6 is 0 Å². The summed E-state index contributed by atoms with van der Waals surface area (Å²) in [4.78, 5) is 12.5. The fourth-order valence-electron chi connectivity index (χ4n) is 5.80. The molecule has 0 spiro atoms. The lowest BCUT2D eigenvalue weighted by Crippen LogP contribution is -2.14. The molecule has 0 N–H and O–H groups in total. The molecule has 0 atom stereocenters. The normalized spacial score (nSPS) is 12.1. The first-order valence-electron chi connectivity index (χ1n) is 13.2. The van der Waals surface area contributed by atoms with Gasteiger partial charge >= 0.3 is 0 Å². The second-order valence-corrected chi connectivity index (χ2v) is 9.86. The summed E-state index contributed by atoms with van der Waals surface area (Å²) in [6, 6.07) is 48.9. The maximum atomic E-state index is 5.08. The van der Waals surface area contributed by atoms with Gasteiger partial charge in [-0.1, -0.05) is 103 Å². The molecule has 0 radical (unpaired) electrons. The SMILES string of the molecule is c1ccc(-c2nc3ccccc3nc2-c2ccc(N3c4ccccc4-c4cccc5cccc3c45)cc2)cc1. The van der Waals surface area contributed by atoms with Gasteiger partial charge in [0, 0.05) is 27.8 Å². The van der Waals surface area contributed by atoms with E-state index in [4.69, 9.17) is 9.97 Å². The first-order valence-corrected chi connectivity index (χ1v) is 13.2. The molecular formula is C36H23N3. The smallest absolute Gasteiger partial charge is 0.0973 e. The van der Waals surface area contributed by atoms with Gasteiger partial charge in [-0.2, -0.15) is 0 Å². The van der Waals surface area contributed by atoms with Crippen molar-refractivity contribution in [3.05, 3.63) is 140 Å². The summed E-state index contributed by atoms with van der Waals surface area (Å²) in [5, 5.41) is 2.54. The Labute approximate surface area is 226 Å². The third-order valence-corrected chi connectivity index (χ3v) is 7.58. The molecule has 1 aromatic heterocycles. The highest BCUT2D eigenvalue weighted by atomic mass is 15.2. The number of aromatic nitrogens is 2. The molecule has 3 nitrogen and oxygen atoms in total. The molecule has 8 rings (SSSR count). The van der Waals surface area contributed by atoms with Gasteiger partial charge in [0.1, 0.15) is 0 Å². The largest absolute Gasteiger partial charge is 0.309 e. The Kier molecular flexibility index (Phi) is 4.82. The van der Waals surface area contributed by atoms with Gasteiger partial charge in [0.2, 0.25) is 0 Å². The Bertz CT molecular complexity index is 2010. The van der Waals surface area contributed by atoms with E-state index >= 15 is 0 Å². The van der Waals surface area contributed by atoms with Gasteiger partial charge in [-0.3, -0.25) is 0 Å². The number of nitrogens with zero attached hydrogens (tertiary/aromatic N) is 3. The van der Waals surface area contributed by atoms with Crippen LogP contribution in [0.4, 0.5) is 17.1 Å². The van der Waals surface area contributed by atoms with E-state index in [1.165, 1.54) is 33.3 Å². The summed E-state index contributed by atoms with van der Waals surface area (Å²) < 4.78 is 0. The maximum absolute atomic E-state index is 5.08. The van der Waals surface area contributed by atoms with Gasteiger partial charge in [-0.25, -0.2) is 9.97 Å². The van der Waals surface area contributed by atoms with Crippen molar-refractivity contribution in [2.45, 2.75) is 0 Å². The van der Waals surface area contributed by atoms with Crippen molar-refractivity contribution in [1.82, 2.24) is 9.97 Å². The van der Waals surface area contributed by atoms with Gasteiger partial charge in [-0.15, -0.1) is 0 Å². The number of benzene rings is 6. The van der Waals surface area contributed by atoms with Crippen LogP contribution in [0, 0.1) is 0 Å². The zero-order chi connectivity index (χ0) is 25.8. The zero-order valence-corrected chi connectivity index (χ0v) is 21.1. The summed E-state index contributed by atoms with van der Waals surface area (Å²) in [6.45, 7) is 0. The monoisotopic (exact) mass is 497 g/mol. The molecule has 0 unspecified atom stereocenters. The van der Waals surface area contributed by atoms with Crippen LogP contribution in [0.2, 0.25) is 0 Å². The molecule has 0 saturated heterocycles. The lowest BCUT2D eigenvalue weighted by Gasteiger charge is -2.33. The van der Waals surface area contributed by atoms with Gasteiger partial charge in [0.15, 0.2) is 0 Å². The summed E-state index contributed by atoms with van der Waals surface area (Å²) in [5.74, 6) is 0. The summed E-state index contributed by atoms with van der Waals surface area (Å²) in [6.07, 6.45) is 0. The summed E-state index contributed by atoms with van der Waals surface area (Å²) in [5.41, 5.74) is 11.7. The number of anilines is 3. The van der Waals surface area contributed by atoms with Crippen molar-refractivity contribution < 1.29 is 0 Å². The molecule has 0 amide bonds. The lowest BCUT2D eigenvalue weighted by atomic mass is 9.91. The molecule has 3 heteroatoms. The minimum absolute atomic E-state index is 0.887. The number of hydrogen-bond acceptors (Lipinski definition) is 3. The molecule has 182 valence electrons. The molecule has 1 aliphatic rings. The molecule has 0 bridgehead atoms. The van der Waals surface area contributed by atoms with Crippen LogP contribution in [0.5, 0.6) is 0 Å². The number of rotatable bonds is 3. The lowest BCUT2D eigenvalue weighted by molar-refractivity contribution is 1.27. The first-order chi connectivity index (χ1) is 19.3. The average Bonchev–Trinajstić information content (AvgIpc) is 3.01. The van der Waals surface area contributed by atoms with E-state index in [-0.39, 0.29) is 0 Å². The third kappa shape index (κ3) is 3.44. The molecule has 6 aromatic carbocycles. The molecule has 0 fully saturated rings. The Morgan fingerprint density at radius 1 is 0.410 bits per heavy atom. The number of para-hydroxylation sites is 3. The fourth-order valence-corrected chi connectivity index (χ4v) is 5.80. The minimum atomic E-state index is 0.887. The van der Waals surface area contributed by atoms with Crippen molar-refractivity contribution in [2.75, 3.05) is 4.90 Å². The van der Waals surface area contributed by atoms with E-state index in [9.17, 15) is 0 Å².